The van der Waals surface area contributed by atoms with Crippen LogP contribution in [0.25, 0.3) is 0 Å². The monoisotopic (exact) mass is 312 g/mol. The maximum absolute atomic E-state index is 12.3. The second kappa shape index (κ2) is 7.79. The van der Waals surface area contributed by atoms with Crippen molar-refractivity contribution in [3.05, 3.63) is 65.2 Å². The molecular weight excluding hydrogens is 288 g/mol. The van der Waals surface area contributed by atoms with Crippen molar-refractivity contribution in [2.45, 2.75) is 13.0 Å². The van der Waals surface area contributed by atoms with E-state index in [9.17, 15) is 4.79 Å². The lowest BCUT2D eigenvalue weighted by atomic mass is 10.0. The number of hydrogen-bond donors (Lipinski definition) is 1. The number of nitrogens with one attached hydrogen (secondary N) is 1. The second-order valence-electron chi connectivity index (χ2n) is 5.80. The van der Waals surface area contributed by atoms with Crippen molar-refractivity contribution in [2.75, 3.05) is 27.7 Å². The van der Waals surface area contributed by atoms with E-state index in [0.29, 0.717) is 12.1 Å². The predicted octanol–water partition coefficient (Wildman–Crippen LogP) is 3.04. The van der Waals surface area contributed by atoms with Crippen molar-refractivity contribution in [3.8, 4) is 5.75 Å². The number of nitrogens with zero attached hydrogens (tertiary/aromatic N) is 1. The summed E-state index contributed by atoms with van der Waals surface area (Å²) in [5.74, 6) is 0.766. The number of likely N-dealkylation sites (N-methyl/N-ethyl adjacent to an activating group) is 1. The Morgan fingerprint density at radius 3 is 2.39 bits per heavy atom. The maximum atomic E-state index is 12.3. The van der Waals surface area contributed by atoms with Gasteiger partial charge in [0.2, 0.25) is 0 Å². The van der Waals surface area contributed by atoms with Gasteiger partial charge in [-0.25, -0.2) is 0 Å². The van der Waals surface area contributed by atoms with Crippen LogP contribution >= 0.6 is 0 Å². The zero-order valence-electron chi connectivity index (χ0n) is 14.2. The molecule has 4 nitrogen and oxygen atoms in total. The Hall–Kier alpha value is -2.33. The molecule has 122 valence electrons. The molecule has 2 aromatic rings. The topological polar surface area (TPSA) is 41.6 Å². The predicted molar refractivity (Wildman–Crippen MR) is 92.9 cm³/mol. The van der Waals surface area contributed by atoms with Crippen LogP contribution in [-0.4, -0.2) is 38.6 Å². The van der Waals surface area contributed by atoms with Gasteiger partial charge < -0.3 is 15.0 Å². The van der Waals surface area contributed by atoms with Gasteiger partial charge in [-0.05, 0) is 39.2 Å². The molecule has 0 saturated heterocycles. The lowest BCUT2D eigenvalue weighted by molar-refractivity contribution is 0.0941. The molecule has 2 aromatic carbocycles. The largest absolute Gasteiger partial charge is 0.496 e. The van der Waals surface area contributed by atoms with E-state index in [1.54, 1.807) is 7.11 Å². The van der Waals surface area contributed by atoms with Gasteiger partial charge >= 0.3 is 0 Å². The first kappa shape index (κ1) is 17.0. The zero-order valence-corrected chi connectivity index (χ0v) is 14.2. The first-order valence-corrected chi connectivity index (χ1v) is 7.67. The molecule has 0 aliphatic heterocycles. The van der Waals surface area contributed by atoms with Gasteiger partial charge in [-0.3, -0.25) is 4.79 Å². The molecule has 1 atom stereocenters. The SMILES string of the molecule is COc1ccccc1C(CNC(=O)c1ccc(C)cc1)N(C)C. The molecule has 0 aromatic heterocycles. The molecule has 0 aliphatic rings. The smallest absolute Gasteiger partial charge is 0.251 e. The van der Waals surface area contributed by atoms with Crippen LogP contribution in [0.1, 0.15) is 27.5 Å². The quantitative estimate of drug-likeness (QED) is 0.891. The molecule has 1 amide bonds. The van der Waals surface area contributed by atoms with Gasteiger partial charge in [-0.2, -0.15) is 0 Å². The van der Waals surface area contributed by atoms with Gasteiger partial charge in [0.25, 0.3) is 5.91 Å². The highest BCUT2D eigenvalue weighted by Gasteiger charge is 2.19. The van der Waals surface area contributed by atoms with E-state index in [-0.39, 0.29) is 11.9 Å². The van der Waals surface area contributed by atoms with Crippen molar-refractivity contribution in [1.82, 2.24) is 10.2 Å². The van der Waals surface area contributed by atoms with Gasteiger partial charge in [0, 0.05) is 17.7 Å². The number of ether oxygens (including phenoxy) is 1. The summed E-state index contributed by atoms with van der Waals surface area (Å²) in [4.78, 5) is 14.4. The Kier molecular flexibility index (Phi) is 5.77. The molecule has 1 N–H and O–H groups in total. The third-order valence-corrected chi connectivity index (χ3v) is 3.89. The summed E-state index contributed by atoms with van der Waals surface area (Å²) in [5, 5.41) is 3.01. The standard InChI is InChI=1S/C19H24N2O2/c1-14-9-11-15(12-10-14)19(22)20-13-17(21(2)3)16-7-5-6-8-18(16)23-4/h5-12,17H,13H2,1-4H3,(H,20,22). The summed E-state index contributed by atoms with van der Waals surface area (Å²) in [6, 6.07) is 15.5. The van der Waals surface area contributed by atoms with E-state index in [0.717, 1.165) is 16.9 Å². The Morgan fingerprint density at radius 2 is 1.78 bits per heavy atom. The molecule has 4 heteroatoms. The minimum atomic E-state index is -0.0632. The van der Waals surface area contributed by atoms with Crippen molar-refractivity contribution in [2.24, 2.45) is 0 Å². The van der Waals surface area contributed by atoms with Gasteiger partial charge in [-0.1, -0.05) is 35.9 Å². The van der Waals surface area contributed by atoms with Crippen LogP contribution in [0.2, 0.25) is 0 Å². The maximum Gasteiger partial charge on any atom is 0.251 e. The summed E-state index contributed by atoms with van der Waals surface area (Å²) < 4.78 is 5.44. The normalized spacial score (nSPS) is 12.0. The average molecular weight is 312 g/mol. The third-order valence-electron chi connectivity index (χ3n) is 3.89. The lowest BCUT2D eigenvalue weighted by Gasteiger charge is -2.26. The van der Waals surface area contributed by atoms with E-state index in [1.165, 1.54) is 0 Å². The molecule has 0 heterocycles. The number of aryl methyl sites for hydroxylation is 1. The number of hydrogen-bond acceptors (Lipinski definition) is 3. The molecule has 0 radical (unpaired) electrons. The summed E-state index contributed by atoms with van der Waals surface area (Å²) in [6.07, 6.45) is 0. The summed E-state index contributed by atoms with van der Waals surface area (Å²) in [5.41, 5.74) is 2.87. The van der Waals surface area contributed by atoms with Gasteiger partial charge in [0.05, 0.1) is 13.2 Å². The Bertz CT molecular complexity index is 651. The molecular formula is C19H24N2O2. The van der Waals surface area contributed by atoms with Gasteiger partial charge in [-0.15, -0.1) is 0 Å². The number of rotatable bonds is 6. The molecule has 0 spiro atoms. The highest BCUT2D eigenvalue weighted by molar-refractivity contribution is 5.94. The van der Waals surface area contributed by atoms with Crippen molar-refractivity contribution < 1.29 is 9.53 Å². The van der Waals surface area contributed by atoms with E-state index >= 15 is 0 Å². The fraction of sp³-hybridized carbons (Fsp3) is 0.316. The Morgan fingerprint density at radius 1 is 1.13 bits per heavy atom. The summed E-state index contributed by atoms with van der Waals surface area (Å²) in [7, 11) is 5.65. The third kappa shape index (κ3) is 4.33. The van der Waals surface area contributed by atoms with Gasteiger partial charge in [0.1, 0.15) is 5.75 Å². The van der Waals surface area contributed by atoms with Crippen LogP contribution in [0.5, 0.6) is 5.75 Å². The molecule has 0 bridgehead atoms. The van der Waals surface area contributed by atoms with E-state index in [1.807, 2.05) is 69.6 Å². The fourth-order valence-corrected chi connectivity index (χ4v) is 2.51. The first-order chi connectivity index (χ1) is 11.0. The minimum Gasteiger partial charge on any atom is -0.496 e. The van der Waals surface area contributed by atoms with Crippen LogP contribution < -0.4 is 10.1 Å². The van der Waals surface area contributed by atoms with E-state index < -0.39 is 0 Å². The van der Waals surface area contributed by atoms with Crippen LogP contribution in [0.15, 0.2) is 48.5 Å². The van der Waals surface area contributed by atoms with Crippen molar-refractivity contribution in [3.63, 3.8) is 0 Å². The summed E-state index contributed by atoms with van der Waals surface area (Å²) >= 11 is 0. The van der Waals surface area contributed by atoms with E-state index in [2.05, 4.69) is 10.2 Å². The van der Waals surface area contributed by atoms with Crippen molar-refractivity contribution in [1.29, 1.82) is 0 Å². The molecule has 0 fully saturated rings. The lowest BCUT2D eigenvalue weighted by Crippen LogP contribution is -2.34. The zero-order chi connectivity index (χ0) is 16.8. The van der Waals surface area contributed by atoms with Crippen molar-refractivity contribution >= 4 is 5.91 Å². The molecule has 1 unspecified atom stereocenters. The molecule has 23 heavy (non-hydrogen) atoms. The number of carbonyl (C=O) groups excluding carboxylic acids is 1. The number of methoxy groups -OCH3 is 1. The highest BCUT2D eigenvalue weighted by atomic mass is 16.5. The van der Waals surface area contributed by atoms with Crippen LogP contribution in [0.3, 0.4) is 0 Å². The van der Waals surface area contributed by atoms with E-state index in [4.69, 9.17) is 4.74 Å². The molecule has 0 saturated carbocycles. The highest BCUT2D eigenvalue weighted by Crippen LogP contribution is 2.27. The number of amides is 1. The first-order valence-electron chi connectivity index (χ1n) is 7.67. The van der Waals surface area contributed by atoms with Crippen LogP contribution in [0, 0.1) is 6.92 Å². The Labute approximate surface area is 138 Å². The number of benzene rings is 2. The number of carbonyl (C=O) groups is 1. The molecule has 0 aliphatic carbocycles. The molecule has 2 rings (SSSR count). The number of para-hydroxylation sites is 1. The van der Waals surface area contributed by atoms with Crippen LogP contribution in [0.4, 0.5) is 0 Å². The van der Waals surface area contributed by atoms with Gasteiger partial charge in [0.15, 0.2) is 0 Å². The minimum absolute atomic E-state index is 0.0422. The van der Waals surface area contributed by atoms with Crippen LogP contribution in [-0.2, 0) is 0 Å². The fourth-order valence-electron chi connectivity index (χ4n) is 2.51. The summed E-state index contributed by atoms with van der Waals surface area (Å²) in [6.45, 7) is 2.52. The average Bonchev–Trinajstić information content (AvgIpc) is 2.55. The second-order valence-corrected chi connectivity index (χ2v) is 5.80. The Balaban J connectivity index is 2.11.